The molecular weight excluding hydrogens is 299 g/mol. The van der Waals surface area contributed by atoms with Gasteiger partial charge in [-0.3, -0.25) is 4.79 Å². The number of hydrogen-bond donors (Lipinski definition) is 2. The van der Waals surface area contributed by atoms with Gasteiger partial charge in [-0.15, -0.1) is 0 Å². The molecule has 1 aromatic rings. The van der Waals surface area contributed by atoms with Gasteiger partial charge in [0.2, 0.25) is 0 Å². The van der Waals surface area contributed by atoms with Crippen LogP contribution in [0.2, 0.25) is 0 Å². The number of hydrogen-bond acceptors (Lipinski definition) is 3. The van der Waals surface area contributed by atoms with Gasteiger partial charge < -0.3 is 15.6 Å². The zero-order valence-electron chi connectivity index (χ0n) is 12.5. The van der Waals surface area contributed by atoms with E-state index in [2.05, 4.69) is 0 Å². The summed E-state index contributed by atoms with van der Waals surface area (Å²) in [7, 11) is 0. The molecule has 0 aliphatic carbocycles. The lowest BCUT2D eigenvalue weighted by molar-refractivity contribution is -0.222. The van der Waals surface area contributed by atoms with Crippen molar-refractivity contribution in [2.75, 3.05) is 12.3 Å². The predicted molar refractivity (Wildman–Crippen MR) is 76.6 cm³/mol. The van der Waals surface area contributed by atoms with E-state index in [1.54, 1.807) is 0 Å². The number of alkyl halides is 3. The van der Waals surface area contributed by atoms with Crippen molar-refractivity contribution in [1.82, 2.24) is 0 Å². The van der Waals surface area contributed by atoms with Crippen LogP contribution in [0.15, 0.2) is 18.2 Å². The minimum absolute atomic E-state index is 0.0443. The average Bonchev–Trinajstić information content (AvgIpc) is 2.41. The number of nitrogen functional groups attached to an aromatic ring is 1. The van der Waals surface area contributed by atoms with Crippen molar-refractivity contribution < 1.29 is 27.8 Å². The van der Waals surface area contributed by atoms with Crippen LogP contribution in [0.3, 0.4) is 0 Å². The van der Waals surface area contributed by atoms with Crippen LogP contribution in [0, 0.1) is 0 Å². The Morgan fingerprint density at radius 2 is 2.00 bits per heavy atom. The summed E-state index contributed by atoms with van der Waals surface area (Å²) in [5.74, 6) is -1.25. The number of aliphatic carboxylic acids is 1. The molecule has 4 nitrogen and oxygen atoms in total. The Balaban J connectivity index is 3.13. The molecule has 0 aromatic heterocycles. The fraction of sp³-hybridized carbons (Fsp3) is 0.533. The first-order chi connectivity index (χ1) is 10.2. The first kappa shape index (κ1) is 18.3. The van der Waals surface area contributed by atoms with Gasteiger partial charge in [-0.25, -0.2) is 0 Å². The van der Waals surface area contributed by atoms with Crippen LogP contribution in [0.5, 0.6) is 0 Å². The Hall–Kier alpha value is -1.76. The first-order valence-electron chi connectivity index (χ1n) is 7.00. The van der Waals surface area contributed by atoms with Gasteiger partial charge in [0.05, 0.1) is 6.42 Å². The number of carbonyl (C=O) groups is 1. The maximum Gasteiger partial charge on any atom is 0.418 e. The van der Waals surface area contributed by atoms with E-state index in [4.69, 9.17) is 15.6 Å². The molecule has 1 rings (SSSR count). The van der Waals surface area contributed by atoms with E-state index in [0.29, 0.717) is 12.0 Å². The lowest BCUT2D eigenvalue weighted by Gasteiger charge is -2.23. The Bertz CT molecular complexity index is 517. The average molecular weight is 319 g/mol. The van der Waals surface area contributed by atoms with Gasteiger partial charge in [0.15, 0.2) is 6.10 Å². The number of carboxylic acid groups (broad SMARTS) is 1. The van der Waals surface area contributed by atoms with Crippen molar-refractivity contribution in [2.24, 2.45) is 0 Å². The number of benzene rings is 1. The summed E-state index contributed by atoms with van der Waals surface area (Å²) >= 11 is 0. The molecule has 3 N–H and O–H groups in total. The highest BCUT2D eigenvalue weighted by atomic mass is 19.4. The molecule has 0 spiro atoms. The van der Waals surface area contributed by atoms with Crippen LogP contribution in [-0.4, -0.2) is 23.9 Å². The third kappa shape index (κ3) is 4.62. The van der Waals surface area contributed by atoms with Crippen LogP contribution in [0.1, 0.15) is 49.8 Å². The van der Waals surface area contributed by atoms with E-state index < -0.39 is 18.2 Å². The summed E-state index contributed by atoms with van der Waals surface area (Å²) in [5.41, 5.74) is 6.17. The fourth-order valence-corrected chi connectivity index (χ4v) is 2.32. The van der Waals surface area contributed by atoms with Crippen LogP contribution in [0.25, 0.3) is 0 Å². The molecule has 0 aliphatic rings. The smallest absolute Gasteiger partial charge is 0.418 e. The van der Waals surface area contributed by atoms with Crippen LogP contribution >= 0.6 is 0 Å². The largest absolute Gasteiger partial charge is 0.481 e. The monoisotopic (exact) mass is 319 g/mol. The Kier molecular flexibility index (Phi) is 6.22. The highest BCUT2D eigenvalue weighted by Gasteiger charge is 2.42. The molecule has 0 saturated heterocycles. The van der Waals surface area contributed by atoms with Gasteiger partial charge in [-0.05, 0) is 30.9 Å². The lowest BCUT2D eigenvalue weighted by atomic mass is 9.91. The minimum atomic E-state index is -4.56. The molecule has 0 fully saturated rings. The molecule has 0 amide bonds. The number of carboxylic acids is 1. The number of halogens is 3. The third-order valence-corrected chi connectivity index (χ3v) is 3.41. The van der Waals surface area contributed by atoms with Gasteiger partial charge in [0.1, 0.15) is 0 Å². The van der Waals surface area contributed by atoms with E-state index >= 15 is 0 Å². The molecule has 0 aliphatic heterocycles. The van der Waals surface area contributed by atoms with E-state index in [0.717, 1.165) is 0 Å². The van der Waals surface area contributed by atoms with Gasteiger partial charge in [0, 0.05) is 17.9 Å². The molecule has 124 valence electrons. The van der Waals surface area contributed by atoms with Crippen LogP contribution in [-0.2, 0) is 9.53 Å². The Labute approximate surface area is 127 Å². The van der Waals surface area contributed by atoms with Crippen LogP contribution < -0.4 is 5.73 Å². The summed E-state index contributed by atoms with van der Waals surface area (Å²) in [4.78, 5) is 10.8. The molecule has 7 heteroatoms. The fourth-order valence-electron chi connectivity index (χ4n) is 2.32. The van der Waals surface area contributed by atoms with Crippen molar-refractivity contribution in [3.63, 3.8) is 0 Å². The second-order valence-corrected chi connectivity index (χ2v) is 4.97. The van der Waals surface area contributed by atoms with Crippen molar-refractivity contribution >= 4 is 11.7 Å². The van der Waals surface area contributed by atoms with E-state index in [9.17, 15) is 18.0 Å². The zero-order valence-corrected chi connectivity index (χ0v) is 12.5. The number of rotatable bonds is 7. The Morgan fingerprint density at radius 3 is 2.41 bits per heavy atom. The molecule has 0 radical (unpaired) electrons. The van der Waals surface area contributed by atoms with Gasteiger partial charge in [0.25, 0.3) is 0 Å². The number of anilines is 1. The summed E-state index contributed by atoms with van der Waals surface area (Å²) < 4.78 is 43.8. The maximum absolute atomic E-state index is 13.0. The zero-order chi connectivity index (χ0) is 16.9. The van der Waals surface area contributed by atoms with Crippen molar-refractivity contribution in [1.29, 1.82) is 0 Å². The lowest BCUT2D eigenvalue weighted by Crippen LogP contribution is -2.24. The molecule has 0 bridgehead atoms. The van der Waals surface area contributed by atoms with Crippen molar-refractivity contribution in [3.8, 4) is 0 Å². The molecular formula is C15H20F3NO3. The SMILES string of the molecule is CCO[C@H](c1ccc([C@H](CC)CC(=O)O)cc1N)C(F)(F)F. The highest BCUT2D eigenvalue weighted by molar-refractivity contribution is 5.68. The van der Waals surface area contributed by atoms with Crippen LogP contribution in [0.4, 0.5) is 18.9 Å². The minimum Gasteiger partial charge on any atom is -0.481 e. The summed E-state index contributed by atoms with van der Waals surface area (Å²) in [5, 5.41) is 8.87. The number of nitrogens with two attached hydrogens (primary N) is 1. The van der Waals surface area contributed by atoms with E-state index in [1.807, 2.05) is 6.92 Å². The predicted octanol–water partition coefficient (Wildman–Crippen LogP) is 3.88. The first-order valence-corrected chi connectivity index (χ1v) is 7.00. The molecule has 2 atom stereocenters. The quantitative estimate of drug-likeness (QED) is 0.748. The summed E-state index contributed by atoms with van der Waals surface area (Å²) in [6, 6.07) is 4.16. The van der Waals surface area contributed by atoms with Gasteiger partial charge in [-0.1, -0.05) is 19.1 Å². The third-order valence-electron chi connectivity index (χ3n) is 3.41. The number of ether oxygens (including phenoxy) is 1. The second kappa shape index (κ2) is 7.49. The summed E-state index contributed by atoms with van der Waals surface area (Å²) in [6.45, 7) is 3.20. The molecule has 1 aromatic carbocycles. The summed E-state index contributed by atoms with van der Waals surface area (Å²) in [6.07, 6.45) is -6.18. The molecule has 0 unspecified atom stereocenters. The second-order valence-electron chi connectivity index (χ2n) is 4.97. The molecule has 22 heavy (non-hydrogen) atoms. The highest BCUT2D eigenvalue weighted by Crippen LogP contribution is 2.39. The van der Waals surface area contributed by atoms with Crippen molar-refractivity contribution in [2.45, 2.75) is 44.9 Å². The molecule has 0 saturated carbocycles. The van der Waals surface area contributed by atoms with E-state index in [-0.39, 0.29) is 30.2 Å². The Morgan fingerprint density at radius 1 is 1.36 bits per heavy atom. The maximum atomic E-state index is 13.0. The normalized spacial score (nSPS) is 14.6. The van der Waals surface area contributed by atoms with Gasteiger partial charge >= 0.3 is 12.1 Å². The standard InChI is InChI=1S/C15H20F3NO3/c1-3-9(8-13(20)21)10-5-6-11(12(19)7-10)14(22-4-2)15(16,17)18/h5-7,9,14H,3-4,8,19H2,1-2H3,(H,20,21)/t9-,14-/m1/s1. The van der Waals surface area contributed by atoms with E-state index in [1.165, 1.54) is 25.1 Å². The van der Waals surface area contributed by atoms with Gasteiger partial charge in [-0.2, -0.15) is 13.2 Å². The van der Waals surface area contributed by atoms with Crippen molar-refractivity contribution in [3.05, 3.63) is 29.3 Å². The molecule has 0 heterocycles. The topological polar surface area (TPSA) is 72.5 Å².